The van der Waals surface area contributed by atoms with Gasteiger partial charge in [-0.25, -0.2) is 13.4 Å². The summed E-state index contributed by atoms with van der Waals surface area (Å²) in [4.78, 5) is 19.7. The van der Waals surface area contributed by atoms with Crippen molar-refractivity contribution < 1.29 is 13.2 Å². The Morgan fingerprint density at radius 3 is 2.81 bits per heavy atom. The van der Waals surface area contributed by atoms with Gasteiger partial charge in [-0.15, -0.1) is 0 Å². The second-order valence-electron chi connectivity index (χ2n) is 7.03. The smallest absolute Gasteiger partial charge is 0.242 e. The zero-order valence-electron chi connectivity index (χ0n) is 15.9. The number of unbranched alkanes of at least 4 members (excludes halogenated alkanes) is 1. The van der Waals surface area contributed by atoms with Crippen LogP contribution < -0.4 is 0 Å². The number of hydrogen-bond acceptors (Lipinski definition) is 5. The predicted octanol–water partition coefficient (Wildman–Crippen LogP) is 2.72. The summed E-state index contributed by atoms with van der Waals surface area (Å²) < 4.78 is 25.8. The lowest BCUT2D eigenvalue weighted by atomic mass is 10.2. The van der Waals surface area contributed by atoms with E-state index in [-0.39, 0.29) is 30.0 Å². The van der Waals surface area contributed by atoms with Gasteiger partial charge in [0, 0.05) is 12.6 Å². The molecule has 0 bridgehead atoms. The third-order valence-corrected chi connectivity index (χ3v) is 7.32. The normalized spacial score (nSPS) is 18.8. The lowest BCUT2D eigenvalue weighted by molar-refractivity contribution is -0.133. The summed E-state index contributed by atoms with van der Waals surface area (Å²) in [6, 6.07) is 7.63. The van der Waals surface area contributed by atoms with Crippen LogP contribution in [0.1, 0.15) is 32.0 Å². The maximum atomic E-state index is 13.2. The first-order valence-corrected chi connectivity index (χ1v) is 12.6. The number of amides is 1. The maximum absolute atomic E-state index is 13.2. The molecule has 1 aromatic carbocycles. The quantitative estimate of drug-likeness (QED) is 0.670. The standard InChI is InChI=1S/C19H27N3O3S2/c1-3-4-10-21(15-9-11-27(24,25)14-15)19(23)12-22-17-8-6-5-7-16(17)20-18(22)13-26-2/h5-8,15H,3-4,9-14H2,1-2H3. The number of benzene rings is 1. The lowest BCUT2D eigenvalue weighted by Crippen LogP contribution is -2.43. The first kappa shape index (κ1) is 20.2. The van der Waals surface area contributed by atoms with Crippen LogP contribution in [-0.2, 0) is 26.9 Å². The number of thioether (sulfide) groups is 1. The monoisotopic (exact) mass is 409 g/mol. The number of sulfone groups is 1. The molecule has 1 aliphatic heterocycles. The predicted molar refractivity (Wildman–Crippen MR) is 111 cm³/mol. The van der Waals surface area contributed by atoms with Gasteiger partial charge < -0.3 is 9.47 Å². The van der Waals surface area contributed by atoms with Gasteiger partial charge in [-0.1, -0.05) is 25.5 Å². The number of carbonyl (C=O) groups is 1. The van der Waals surface area contributed by atoms with Crippen LogP contribution in [0.3, 0.4) is 0 Å². The Kier molecular flexibility index (Phi) is 6.47. The Bertz CT molecular complexity index is 908. The molecule has 1 saturated heterocycles. The molecule has 0 radical (unpaired) electrons. The van der Waals surface area contributed by atoms with E-state index < -0.39 is 9.84 Å². The first-order chi connectivity index (χ1) is 12.9. The molecule has 1 amide bonds. The molecular formula is C19H27N3O3S2. The van der Waals surface area contributed by atoms with Crippen LogP contribution in [0.4, 0.5) is 0 Å². The van der Waals surface area contributed by atoms with Crippen molar-refractivity contribution in [1.29, 1.82) is 0 Å². The van der Waals surface area contributed by atoms with E-state index in [4.69, 9.17) is 0 Å². The van der Waals surface area contributed by atoms with Crippen molar-refractivity contribution in [2.45, 2.75) is 44.5 Å². The van der Waals surface area contributed by atoms with Gasteiger partial charge in [-0.05, 0) is 31.2 Å². The summed E-state index contributed by atoms with van der Waals surface area (Å²) in [5, 5.41) is 0. The highest BCUT2D eigenvalue weighted by Crippen LogP contribution is 2.22. The van der Waals surface area contributed by atoms with Crippen LogP contribution in [0, 0.1) is 0 Å². The van der Waals surface area contributed by atoms with Crippen LogP contribution in [0.5, 0.6) is 0 Å². The van der Waals surface area contributed by atoms with Gasteiger partial charge in [0.1, 0.15) is 12.4 Å². The first-order valence-electron chi connectivity index (χ1n) is 9.38. The highest BCUT2D eigenvalue weighted by Gasteiger charge is 2.34. The minimum Gasteiger partial charge on any atom is -0.337 e. The summed E-state index contributed by atoms with van der Waals surface area (Å²) >= 11 is 1.67. The molecule has 3 rings (SSSR count). The van der Waals surface area contributed by atoms with Gasteiger partial charge in [0.15, 0.2) is 9.84 Å². The molecule has 0 spiro atoms. The third kappa shape index (κ3) is 4.66. The minimum absolute atomic E-state index is 0.0175. The average molecular weight is 410 g/mol. The van der Waals surface area contributed by atoms with Crippen molar-refractivity contribution in [3.8, 4) is 0 Å². The van der Waals surface area contributed by atoms with Crippen LogP contribution in [0.15, 0.2) is 24.3 Å². The molecule has 2 aromatic rings. The Morgan fingerprint density at radius 1 is 1.37 bits per heavy atom. The molecule has 27 heavy (non-hydrogen) atoms. The molecule has 8 heteroatoms. The number of nitrogens with zero attached hydrogens (tertiary/aromatic N) is 3. The molecule has 0 N–H and O–H groups in total. The molecule has 1 atom stereocenters. The van der Waals surface area contributed by atoms with Crippen molar-refractivity contribution in [2.75, 3.05) is 24.3 Å². The van der Waals surface area contributed by atoms with Gasteiger partial charge >= 0.3 is 0 Å². The fraction of sp³-hybridized carbons (Fsp3) is 0.579. The Labute approximate surface area is 165 Å². The van der Waals surface area contributed by atoms with Crippen LogP contribution in [0.25, 0.3) is 11.0 Å². The molecule has 1 aliphatic rings. The van der Waals surface area contributed by atoms with E-state index in [9.17, 15) is 13.2 Å². The van der Waals surface area contributed by atoms with Crippen molar-refractivity contribution in [1.82, 2.24) is 14.5 Å². The molecule has 1 unspecified atom stereocenters. The third-order valence-electron chi connectivity index (χ3n) is 5.02. The van der Waals surface area contributed by atoms with Crippen LogP contribution in [-0.4, -0.2) is 59.1 Å². The summed E-state index contributed by atoms with van der Waals surface area (Å²) in [6.07, 6.45) is 4.40. The Hall–Kier alpha value is -1.54. The number of imidazole rings is 1. The maximum Gasteiger partial charge on any atom is 0.242 e. The summed E-state index contributed by atoms with van der Waals surface area (Å²) in [5.74, 6) is 1.86. The SMILES string of the molecule is CCCCN(C(=O)Cn1c(CSC)nc2ccccc21)C1CCS(=O)(=O)C1. The van der Waals surface area contributed by atoms with Crippen molar-refractivity contribution in [3.05, 3.63) is 30.1 Å². The zero-order valence-corrected chi connectivity index (χ0v) is 17.6. The summed E-state index contributed by atoms with van der Waals surface area (Å²) in [5.41, 5.74) is 1.84. The molecule has 1 aromatic heterocycles. The molecule has 1 fully saturated rings. The van der Waals surface area contributed by atoms with E-state index in [0.29, 0.717) is 13.0 Å². The Morgan fingerprint density at radius 2 is 2.15 bits per heavy atom. The van der Waals surface area contributed by atoms with Gasteiger partial charge in [-0.2, -0.15) is 11.8 Å². The second kappa shape index (κ2) is 8.65. The summed E-state index contributed by atoms with van der Waals surface area (Å²) in [6.45, 7) is 2.89. The van der Waals surface area contributed by atoms with Crippen molar-refractivity contribution in [3.63, 3.8) is 0 Å². The van der Waals surface area contributed by atoms with Gasteiger partial charge in [0.2, 0.25) is 5.91 Å². The van der Waals surface area contributed by atoms with Crippen LogP contribution >= 0.6 is 11.8 Å². The van der Waals surface area contributed by atoms with Gasteiger partial charge in [0.25, 0.3) is 0 Å². The molecule has 2 heterocycles. The highest BCUT2D eigenvalue weighted by atomic mass is 32.2. The fourth-order valence-electron chi connectivity index (χ4n) is 3.63. The van der Waals surface area contributed by atoms with E-state index in [1.165, 1.54) is 0 Å². The van der Waals surface area contributed by atoms with E-state index >= 15 is 0 Å². The topological polar surface area (TPSA) is 72.3 Å². The van der Waals surface area contributed by atoms with E-state index in [1.54, 1.807) is 16.7 Å². The zero-order chi connectivity index (χ0) is 19.4. The van der Waals surface area contributed by atoms with Crippen molar-refractivity contribution >= 4 is 38.5 Å². The number of hydrogen-bond donors (Lipinski definition) is 0. The average Bonchev–Trinajstić information content (AvgIpc) is 3.16. The lowest BCUT2D eigenvalue weighted by Gasteiger charge is -2.29. The fourth-order valence-corrected chi connectivity index (χ4v) is 5.84. The largest absolute Gasteiger partial charge is 0.337 e. The molecule has 148 valence electrons. The van der Waals surface area contributed by atoms with E-state index in [0.717, 1.165) is 35.5 Å². The van der Waals surface area contributed by atoms with E-state index in [1.807, 2.05) is 35.1 Å². The highest BCUT2D eigenvalue weighted by molar-refractivity contribution is 7.97. The molecular weight excluding hydrogens is 382 g/mol. The number of carbonyl (C=O) groups excluding carboxylic acids is 1. The van der Waals surface area contributed by atoms with E-state index in [2.05, 4.69) is 11.9 Å². The minimum atomic E-state index is -3.03. The summed E-state index contributed by atoms with van der Waals surface area (Å²) in [7, 11) is -3.03. The number of aromatic nitrogens is 2. The van der Waals surface area contributed by atoms with Gasteiger partial charge in [-0.3, -0.25) is 4.79 Å². The number of rotatable bonds is 8. The van der Waals surface area contributed by atoms with Crippen LogP contribution in [0.2, 0.25) is 0 Å². The molecule has 6 nitrogen and oxygen atoms in total. The van der Waals surface area contributed by atoms with Crippen molar-refractivity contribution in [2.24, 2.45) is 0 Å². The number of fused-ring (bicyclic) bond motifs is 1. The number of para-hydroxylation sites is 2. The Balaban J connectivity index is 1.87. The molecule has 0 saturated carbocycles. The van der Waals surface area contributed by atoms with Gasteiger partial charge in [0.05, 0.1) is 28.3 Å². The molecule has 0 aliphatic carbocycles. The second-order valence-corrected chi connectivity index (χ2v) is 10.1.